The van der Waals surface area contributed by atoms with E-state index in [0.717, 1.165) is 0 Å². The van der Waals surface area contributed by atoms with Crippen LogP contribution in [0.2, 0.25) is 0 Å². The predicted octanol–water partition coefficient (Wildman–Crippen LogP) is -3.30. The summed E-state index contributed by atoms with van der Waals surface area (Å²) in [6.45, 7) is 0. The molecule has 11 heteroatoms. The van der Waals surface area contributed by atoms with E-state index in [9.17, 15) is 28.5 Å². The summed E-state index contributed by atoms with van der Waals surface area (Å²) in [4.78, 5) is 10.5. The van der Waals surface area contributed by atoms with Crippen molar-refractivity contribution in [3.05, 3.63) is 0 Å². The molecule has 1 aliphatic rings. The number of hydrogen-bond donors (Lipinski definition) is 5. The van der Waals surface area contributed by atoms with Gasteiger partial charge in [0.05, 0.1) is 0 Å². The molecule has 10 nitrogen and oxygen atoms in total. The van der Waals surface area contributed by atoms with Gasteiger partial charge >= 0.3 is 16.4 Å². The smallest absolute Gasteiger partial charge is 0.397 e. The van der Waals surface area contributed by atoms with Crippen LogP contribution >= 0.6 is 0 Å². The van der Waals surface area contributed by atoms with Crippen molar-refractivity contribution >= 4 is 16.4 Å². The number of rotatable bonds is 3. The van der Waals surface area contributed by atoms with Crippen molar-refractivity contribution in [2.45, 2.75) is 30.7 Å². The average Bonchev–Trinajstić information content (AvgIpc) is 2.16. The second-order valence-electron chi connectivity index (χ2n) is 3.26. The number of aliphatic carboxylic acids is 1. The minimum Gasteiger partial charge on any atom is -0.479 e. The Hall–Kier alpha value is -0.820. The van der Waals surface area contributed by atoms with Crippen LogP contribution in [0, 0.1) is 0 Å². The summed E-state index contributed by atoms with van der Waals surface area (Å²) in [5.41, 5.74) is 0. The quantitative estimate of drug-likeness (QED) is 0.328. The number of carboxylic acid groups (broad SMARTS) is 1. The zero-order valence-electron chi connectivity index (χ0n) is 8.07. The van der Waals surface area contributed by atoms with Crippen LogP contribution in [0.25, 0.3) is 0 Å². The van der Waals surface area contributed by atoms with Gasteiger partial charge in [0.1, 0.15) is 12.2 Å². The first-order chi connectivity index (χ1) is 7.63. The van der Waals surface area contributed by atoms with E-state index >= 15 is 0 Å². The van der Waals surface area contributed by atoms with Gasteiger partial charge in [-0.25, -0.2) is 8.98 Å². The molecule has 1 rings (SSSR count). The van der Waals surface area contributed by atoms with E-state index in [1.165, 1.54) is 0 Å². The van der Waals surface area contributed by atoms with E-state index in [4.69, 9.17) is 9.66 Å². The molecule has 1 saturated heterocycles. The van der Waals surface area contributed by atoms with E-state index in [1.807, 2.05) is 0 Å². The first-order valence-corrected chi connectivity index (χ1v) is 5.58. The lowest BCUT2D eigenvalue weighted by atomic mass is 9.99. The van der Waals surface area contributed by atoms with Crippen molar-refractivity contribution in [3.63, 3.8) is 0 Å². The molecule has 1 fully saturated rings. The van der Waals surface area contributed by atoms with Crippen molar-refractivity contribution in [2.24, 2.45) is 0 Å². The zero-order chi connectivity index (χ0) is 13.4. The van der Waals surface area contributed by atoms with Gasteiger partial charge in [0, 0.05) is 0 Å². The molecular formula is C6H10O10S. The van der Waals surface area contributed by atoms with Gasteiger partial charge in [-0.2, -0.15) is 8.42 Å². The summed E-state index contributed by atoms with van der Waals surface area (Å²) >= 11 is 0. The van der Waals surface area contributed by atoms with Gasteiger partial charge in [-0.05, 0) is 0 Å². The highest BCUT2D eigenvalue weighted by atomic mass is 32.3. The van der Waals surface area contributed by atoms with Gasteiger partial charge in [-0.3, -0.25) is 4.55 Å². The summed E-state index contributed by atoms with van der Waals surface area (Å²) in [6, 6.07) is 0. The van der Waals surface area contributed by atoms with Crippen molar-refractivity contribution in [3.8, 4) is 0 Å². The Morgan fingerprint density at radius 2 is 1.71 bits per heavy atom. The third kappa shape index (κ3) is 3.32. The molecule has 1 aliphatic heterocycles. The van der Waals surface area contributed by atoms with Crippen molar-refractivity contribution < 1.29 is 47.1 Å². The molecule has 0 radical (unpaired) electrons. The summed E-state index contributed by atoms with van der Waals surface area (Å²) in [7, 11) is -5.01. The summed E-state index contributed by atoms with van der Waals surface area (Å²) in [5.74, 6) is -1.67. The summed E-state index contributed by atoms with van der Waals surface area (Å²) in [6.07, 6.45) is -10.2. The Bertz CT molecular complexity index is 390. The number of ether oxygens (including phenoxy) is 1. The molecule has 100 valence electrons. The van der Waals surface area contributed by atoms with Crippen molar-refractivity contribution in [1.29, 1.82) is 0 Å². The fraction of sp³-hybridized carbons (Fsp3) is 0.833. The molecule has 0 spiro atoms. The molecule has 0 bridgehead atoms. The number of aliphatic hydroxyl groups is 3. The topological polar surface area (TPSA) is 171 Å². The molecule has 0 unspecified atom stereocenters. The molecule has 5 atom stereocenters. The van der Waals surface area contributed by atoms with Crippen LogP contribution < -0.4 is 0 Å². The van der Waals surface area contributed by atoms with Crippen molar-refractivity contribution in [2.75, 3.05) is 0 Å². The minimum absolute atomic E-state index is 1.67. The number of hydrogen-bond acceptors (Lipinski definition) is 8. The summed E-state index contributed by atoms with van der Waals surface area (Å²) < 4.78 is 37.3. The lowest BCUT2D eigenvalue weighted by Crippen LogP contribution is -2.60. The van der Waals surface area contributed by atoms with E-state index < -0.39 is 47.1 Å². The van der Waals surface area contributed by atoms with E-state index in [-0.39, 0.29) is 0 Å². The lowest BCUT2D eigenvalue weighted by Gasteiger charge is -2.37. The highest BCUT2D eigenvalue weighted by molar-refractivity contribution is 7.80. The third-order valence-electron chi connectivity index (χ3n) is 2.04. The minimum atomic E-state index is -5.01. The number of carboxylic acids is 1. The van der Waals surface area contributed by atoms with Gasteiger partial charge in [0.15, 0.2) is 18.5 Å². The average molecular weight is 274 g/mol. The molecule has 0 aromatic carbocycles. The monoisotopic (exact) mass is 274 g/mol. The predicted molar refractivity (Wildman–Crippen MR) is 47.0 cm³/mol. The maximum absolute atomic E-state index is 10.5. The van der Waals surface area contributed by atoms with Gasteiger partial charge in [0.25, 0.3) is 0 Å². The van der Waals surface area contributed by atoms with E-state index in [2.05, 4.69) is 8.92 Å². The highest BCUT2D eigenvalue weighted by Gasteiger charge is 2.49. The Morgan fingerprint density at radius 3 is 2.12 bits per heavy atom. The molecule has 0 aromatic rings. The first kappa shape index (κ1) is 14.2. The zero-order valence-corrected chi connectivity index (χ0v) is 8.89. The fourth-order valence-corrected chi connectivity index (χ4v) is 1.79. The van der Waals surface area contributed by atoms with Gasteiger partial charge < -0.3 is 25.2 Å². The SMILES string of the molecule is O=C(O)[C@H]1O[C@@H](O)[C@H](OS(=O)(=O)O)[C@@H](O)[C@@H]1O. The Labute approximate surface area is 95.0 Å². The molecular weight excluding hydrogens is 264 g/mol. The third-order valence-corrected chi connectivity index (χ3v) is 2.51. The second kappa shape index (κ2) is 4.81. The van der Waals surface area contributed by atoms with Gasteiger partial charge in [-0.1, -0.05) is 0 Å². The normalized spacial score (nSPS) is 38.9. The van der Waals surface area contributed by atoms with Gasteiger partial charge in [-0.15, -0.1) is 0 Å². The molecule has 0 aromatic heterocycles. The standard InChI is InChI=1S/C6H10O10S/c7-1-2(8)4(16-17(12,13)14)6(11)15-3(1)5(9)10/h1-4,6-8,11H,(H,9,10)(H,12,13,14)/t1-,2-,3-,4+,6+/m0/s1. The number of aliphatic hydroxyl groups excluding tert-OH is 3. The largest absolute Gasteiger partial charge is 0.479 e. The lowest BCUT2D eigenvalue weighted by molar-refractivity contribution is -0.274. The Morgan fingerprint density at radius 1 is 1.18 bits per heavy atom. The van der Waals surface area contributed by atoms with Crippen LogP contribution in [-0.2, 0) is 24.1 Å². The van der Waals surface area contributed by atoms with Crippen LogP contribution in [0.5, 0.6) is 0 Å². The van der Waals surface area contributed by atoms with Crippen LogP contribution in [0.15, 0.2) is 0 Å². The fourth-order valence-electron chi connectivity index (χ4n) is 1.30. The number of carbonyl (C=O) groups is 1. The molecule has 5 N–H and O–H groups in total. The Kier molecular flexibility index (Phi) is 4.03. The molecule has 17 heavy (non-hydrogen) atoms. The second-order valence-corrected chi connectivity index (χ2v) is 4.30. The van der Waals surface area contributed by atoms with Crippen LogP contribution in [0.4, 0.5) is 0 Å². The van der Waals surface area contributed by atoms with Crippen molar-refractivity contribution in [1.82, 2.24) is 0 Å². The summed E-state index contributed by atoms with van der Waals surface area (Å²) in [5, 5.41) is 36.3. The van der Waals surface area contributed by atoms with E-state index in [0.29, 0.717) is 0 Å². The molecule has 1 heterocycles. The molecule has 0 saturated carbocycles. The maximum Gasteiger partial charge on any atom is 0.397 e. The molecule has 0 aliphatic carbocycles. The van der Waals surface area contributed by atoms with E-state index in [1.54, 1.807) is 0 Å². The van der Waals surface area contributed by atoms with Crippen LogP contribution in [0.1, 0.15) is 0 Å². The van der Waals surface area contributed by atoms with Crippen LogP contribution in [0.3, 0.4) is 0 Å². The maximum atomic E-state index is 10.5. The Balaban J connectivity index is 2.87. The highest BCUT2D eigenvalue weighted by Crippen LogP contribution is 2.23. The van der Waals surface area contributed by atoms with Crippen LogP contribution in [-0.4, -0.2) is 70.1 Å². The molecule has 0 amide bonds. The first-order valence-electron chi connectivity index (χ1n) is 4.21. The van der Waals surface area contributed by atoms with Gasteiger partial charge in [0.2, 0.25) is 0 Å².